The minimum Gasteiger partial charge on any atom is -0.182 e. The van der Waals surface area contributed by atoms with Gasteiger partial charge in [0, 0.05) is 11.1 Å². The van der Waals surface area contributed by atoms with Crippen molar-refractivity contribution in [2.75, 3.05) is 0 Å². The number of fused-ring (bicyclic) bond motifs is 1. The molecular weight excluding hydrogens is 316 g/mol. The summed E-state index contributed by atoms with van der Waals surface area (Å²) >= 11 is 1.55. The Morgan fingerprint density at radius 2 is 1.54 bits per heavy atom. The van der Waals surface area contributed by atoms with Crippen LogP contribution in [0.15, 0.2) is 54.6 Å². The molecule has 0 spiro atoms. The maximum atomic E-state index is 4.70. The van der Waals surface area contributed by atoms with Gasteiger partial charge in [0.05, 0.1) is 0 Å². The van der Waals surface area contributed by atoms with Gasteiger partial charge in [0.1, 0.15) is 5.01 Å². The van der Waals surface area contributed by atoms with E-state index in [0.29, 0.717) is 0 Å². The number of aromatic nitrogens is 4. The van der Waals surface area contributed by atoms with Gasteiger partial charge in [0.15, 0.2) is 5.82 Å². The fraction of sp³-hybridized carbons (Fsp3) is 0.211. The minimum atomic E-state index is 0.139. The second-order valence-electron chi connectivity index (χ2n) is 6.82. The van der Waals surface area contributed by atoms with E-state index in [1.54, 1.807) is 11.3 Å². The smallest absolute Gasteiger partial charge is 0.182 e. The van der Waals surface area contributed by atoms with E-state index in [4.69, 9.17) is 5.10 Å². The Kier molecular flexibility index (Phi) is 3.46. The van der Waals surface area contributed by atoms with Crippen LogP contribution < -0.4 is 0 Å². The van der Waals surface area contributed by atoms with Crippen LogP contribution in [0.25, 0.3) is 26.9 Å². The number of rotatable bonds is 2. The number of hydrogen-bond acceptors (Lipinski definition) is 4. The highest BCUT2D eigenvalue weighted by Crippen LogP contribution is 2.29. The van der Waals surface area contributed by atoms with Crippen LogP contribution in [-0.4, -0.2) is 19.8 Å². The predicted octanol–water partition coefficient (Wildman–Crippen LogP) is 4.82. The van der Waals surface area contributed by atoms with E-state index in [2.05, 4.69) is 67.4 Å². The quantitative estimate of drug-likeness (QED) is 0.528. The number of benzene rings is 2. The van der Waals surface area contributed by atoms with E-state index in [1.807, 2.05) is 22.7 Å². The van der Waals surface area contributed by atoms with Crippen molar-refractivity contribution in [3.63, 3.8) is 0 Å². The van der Waals surface area contributed by atoms with E-state index in [0.717, 1.165) is 26.9 Å². The van der Waals surface area contributed by atoms with Crippen LogP contribution in [0.4, 0.5) is 0 Å². The van der Waals surface area contributed by atoms with Crippen LogP contribution in [0.5, 0.6) is 0 Å². The minimum absolute atomic E-state index is 0.139. The molecule has 0 unspecified atom stereocenters. The van der Waals surface area contributed by atoms with E-state index in [1.165, 1.54) is 5.56 Å². The topological polar surface area (TPSA) is 43.1 Å². The van der Waals surface area contributed by atoms with Crippen LogP contribution in [0.2, 0.25) is 0 Å². The Bertz CT molecular complexity index is 976. The average Bonchev–Trinajstić information content (AvgIpc) is 3.15. The Balaban J connectivity index is 1.76. The first-order chi connectivity index (χ1) is 11.5. The summed E-state index contributed by atoms with van der Waals surface area (Å²) in [6, 6.07) is 18.7. The summed E-state index contributed by atoms with van der Waals surface area (Å²) in [6.45, 7) is 6.64. The first-order valence-corrected chi connectivity index (χ1v) is 8.72. The monoisotopic (exact) mass is 334 g/mol. The molecule has 120 valence electrons. The first-order valence-electron chi connectivity index (χ1n) is 7.91. The molecule has 2 aromatic heterocycles. The molecule has 2 aromatic carbocycles. The molecule has 0 fully saturated rings. The summed E-state index contributed by atoms with van der Waals surface area (Å²) in [5.41, 5.74) is 3.57. The molecule has 0 aliphatic rings. The zero-order valence-electron chi connectivity index (χ0n) is 13.9. The first kappa shape index (κ1) is 15.0. The molecule has 0 saturated heterocycles. The lowest BCUT2D eigenvalue weighted by Crippen LogP contribution is -2.10. The molecule has 4 rings (SSSR count). The van der Waals surface area contributed by atoms with E-state index < -0.39 is 0 Å². The lowest BCUT2D eigenvalue weighted by Gasteiger charge is -2.18. The molecule has 0 aliphatic heterocycles. The predicted molar refractivity (Wildman–Crippen MR) is 98.2 cm³/mol. The van der Waals surface area contributed by atoms with Gasteiger partial charge in [-0.3, -0.25) is 0 Å². The highest BCUT2D eigenvalue weighted by Gasteiger charge is 2.16. The molecule has 0 amide bonds. The summed E-state index contributed by atoms with van der Waals surface area (Å²) in [7, 11) is 0. The Hall–Kier alpha value is -2.53. The molecule has 0 aliphatic carbocycles. The number of nitrogens with zero attached hydrogens (tertiary/aromatic N) is 4. The van der Waals surface area contributed by atoms with Crippen molar-refractivity contribution < 1.29 is 0 Å². The van der Waals surface area contributed by atoms with Gasteiger partial charge >= 0.3 is 0 Å². The van der Waals surface area contributed by atoms with Gasteiger partial charge in [-0.25, -0.2) is 0 Å². The van der Waals surface area contributed by atoms with Gasteiger partial charge in [0.25, 0.3) is 0 Å². The zero-order valence-corrected chi connectivity index (χ0v) is 14.7. The van der Waals surface area contributed by atoms with Crippen molar-refractivity contribution in [1.82, 2.24) is 19.8 Å². The third-order valence-electron chi connectivity index (χ3n) is 4.02. The van der Waals surface area contributed by atoms with Crippen molar-refractivity contribution in [3.05, 3.63) is 60.2 Å². The molecule has 4 aromatic rings. The molecule has 0 atom stereocenters. The average molecular weight is 334 g/mol. The lowest BCUT2D eigenvalue weighted by atomic mass is 9.87. The Morgan fingerprint density at radius 3 is 2.21 bits per heavy atom. The van der Waals surface area contributed by atoms with Crippen LogP contribution in [0.3, 0.4) is 0 Å². The molecular formula is C19H18N4S. The summed E-state index contributed by atoms with van der Waals surface area (Å²) < 4.78 is 1.83. The van der Waals surface area contributed by atoms with Gasteiger partial charge in [-0.2, -0.15) is 9.61 Å². The second-order valence-corrected chi connectivity index (χ2v) is 7.77. The van der Waals surface area contributed by atoms with Crippen LogP contribution in [-0.2, 0) is 5.41 Å². The summed E-state index contributed by atoms with van der Waals surface area (Å²) in [4.78, 5) is 0.809. The maximum Gasteiger partial charge on any atom is 0.235 e. The van der Waals surface area contributed by atoms with Crippen molar-refractivity contribution in [2.45, 2.75) is 26.2 Å². The highest BCUT2D eigenvalue weighted by molar-refractivity contribution is 7.19. The van der Waals surface area contributed by atoms with Gasteiger partial charge in [-0.05, 0) is 11.0 Å². The summed E-state index contributed by atoms with van der Waals surface area (Å²) in [6.07, 6.45) is 0. The Labute approximate surface area is 144 Å². The van der Waals surface area contributed by atoms with Crippen molar-refractivity contribution in [1.29, 1.82) is 0 Å². The van der Waals surface area contributed by atoms with Crippen LogP contribution in [0, 0.1) is 0 Å². The number of hydrogen-bond donors (Lipinski definition) is 0. The fourth-order valence-corrected chi connectivity index (χ4v) is 3.46. The van der Waals surface area contributed by atoms with Gasteiger partial charge in [-0.15, -0.1) is 10.2 Å². The SMILES string of the molecule is CC(C)(C)c1ccc(-c2nnc3sc(-c4ccccc4)nn23)cc1. The normalized spacial score (nSPS) is 12.0. The molecule has 0 radical (unpaired) electrons. The van der Waals surface area contributed by atoms with Gasteiger partial charge < -0.3 is 0 Å². The molecule has 5 heteroatoms. The molecule has 24 heavy (non-hydrogen) atoms. The van der Waals surface area contributed by atoms with Crippen LogP contribution >= 0.6 is 11.3 Å². The van der Waals surface area contributed by atoms with E-state index in [-0.39, 0.29) is 5.41 Å². The van der Waals surface area contributed by atoms with Crippen molar-refractivity contribution in [2.24, 2.45) is 0 Å². The maximum absolute atomic E-state index is 4.70. The van der Waals surface area contributed by atoms with E-state index in [9.17, 15) is 0 Å². The molecule has 0 N–H and O–H groups in total. The third-order valence-corrected chi connectivity index (χ3v) is 4.97. The third kappa shape index (κ3) is 2.61. The fourth-order valence-electron chi connectivity index (χ4n) is 2.61. The van der Waals surface area contributed by atoms with Crippen molar-refractivity contribution >= 4 is 16.3 Å². The zero-order chi connectivity index (χ0) is 16.7. The van der Waals surface area contributed by atoms with Crippen molar-refractivity contribution in [3.8, 4) is 22.0 Å². The highest BCUT2D eigenvalue weighted by atomic mass is 32.1. The molecule has 0 bridgehead atoms. The second kappa shape index (κ2) is 5.53. The Morgan fingerprint density at radius 1 is 0.833 bits per heavy atom. The summed E-state index contributed by atoms with van der Waals surface area (Å²) in [5.74, 6) is 0.781. The van der Waals surface area contributed by atoms with E-state index >= 15 is 0 Å². The summed E-state index contributed by atoms with van der Waals surface area (Å²) in [5, 5.41) is 14.2. The lowest BCUT2D eigenvalue weighted by molar-refractivity contribution is 0.590. The van der Waals surface area contributed by atoms with Gasteiger partial charge in [-0.1, -0.05) is 86.7 Å². The molecule has 4 nitrogen and oxygen atoms in total. The molecule has 0 saturated carbocycles. The van der Waals surface area contributed by atoms with Crippen LogP contribution in [0.1, 0.15) is 26.3 Å². The molecule has 2 heterocycles. The largest absolute Gasteiger partial charge is 0.235 e. The van der Waals surface area contributed by atoms with Gasteiger partial charge in [0.2, 0.25) is 4.96 Å². The standard InChI is InChI=1S/C19H18N4S/c1-19(2,3)15-11-9-13(10-12-15)16-20-21-18-23(16)22-17(24-18)14-7-5-4-6-8-14/h4-12H,1-3H3.